The first kappa shape index (κ1) is 26.2. The van der Waals surface area contributed by atoms with E-state index >= 15 is 0 Å². The Bertz CT molecular complexity index is 435. The molecule has 1 aliphatic rings. The maximum atomic E-state index is 12.1. The molecule has 0 aliphatic carbocycles. The normalized spacial score (nSPS) is 15.9. The maximum absolute atomic E-state index is 12.1. The monoisotopic (exact) mass is 499 g/mol. The van der Waals surface area contributed by atoms with Gasteiger partial charge in [-0.25, -0.2) is 4.79 Å². The molecule has 1 heterocycles. The van der Waals surface area contributed by atoms with Crippen LogP contribution in [-0.2, 0) is 9.47 Å². The van der Waals surface area contributed by atoms with E-state index in [9.17, 15) is 4.79 Å². The van der Waals surface area contributed by atoms with Crippen LogP contribution >= 0.6 is 24.0 Å². The molecule has 1 aliphatic heterocycles. The molecule has 0 radical (unpaired) electrons. The van der Waals surface area contributed by atoms with Crippen molar-refractivity contribution in [1.82, 2.24) is 20.4 Å². The van der Waals surface area contributed by atoms with E-state index in [0.29, 0.717) is 6.61 Å². The number of nitrogens with one attached hydrogen (secondary N) is 2. The third-order valence-corrected chi connectivity index (χ3v) is 3.93. The second kappa shape index (κ2) is 14.2. The van der Waals surface area contributed by atoms with Crippen LogP contribution in [0.25, 0.3) is 0 Å². The molecular weight excluding hydrogens is 461 g/mol. The second-order valence-corrected chi connectivity index (χ2v) is 7.29. The lowest BCUT2D eigenvalue weighted by molar-refractivity contribution is 0.0145. The summed E-state index contributed by atoms with van der Waals surface area (Å²) in [6.45, 7) is 14.9. The van der Waals surface area contributed by atoms with Crippen LogP contribution in [0.3, 0.4) is 0 Å². The molecule has 8 nitrogen and oxygen atoms in total. The van der Waals surface area contributed by atoms with Crippen molar-refractivity contribution in [2.24, 2.45) is 4.99 Å². The number of carbonyl (C=O) groups excluding carboxylic acids is 1. The van der Waals surface area contributed by atoms with Crippen LogP contribution in [0.5, 0.6) is 0 Å². The van der Waals surface area contributed by atoms with E-state index in [2.05, 4.69) is 20.5 Å². The van der Waals surface area contributed by atoms with Crippen LogP contribution in [0.4, 0.5) is 4.79 Å². The number of ether oxygens (including phenoxy) is 2. The largest absolute Gasteiger partial charge is 0.444 e. The first-order valence-corrected chi connectivity index (χ1v) is 9.58. The van der Waals surface area contributed by atoms with Gasteiger partial charge in [0.05, 0.1) is 6.61 Å². The first-order chi connectivity index (χ1) is 12.4. The van der Waals surface area contributed by atoms with E-state index in [-0.39, 0.29) is 30.1 Å². The smallest absolute Gasteiger partial charge is 0.410 e. The summed E-state index contributed by atoms with van der Waals surface area (Å²) in [5.41, 5.74) is -0.435. The lowest BCUT2D eigenvalue weighted by Crippen LogP contribution is -2.50. The van der Waals surface area contributed by atoms with Crippen LogP contribution in [0.1, 0.15) is 34.1 Å². The second-order valence-electron chi connectivity index (χ2n) is 7.29. The molecule has 9 heteroatoms. The predicted molar refractivity (Wildman–Crippen MR) is 120 cm³/mol. The van der Waals surface area contributed by atoms with Crippen molar-refractivity contribution < 1.29 is 14.3 Å². The molecule has 0 unspecified atom stereocenters. The van der Waals surface area contributed by atoms with Crippen molar-refractivity contribution in [1.29, 1.82) is 0 Å². The van der Waals surface area contributed by atoms with E-state index in [1.807, 2.05) is 27.7 Å². The van der Waals surface area contributed by atoms with E-state index in [0.717, 1.165) is 64.8 Å². The summed E-state index contributed by atoms with van der Waals surface area (Å²) in [5, 5.41) is 6.53. The van der Waals surface area contributed by atoms with E-state index in [1.165, 1.54) is 0 Å². The average Bonchev–Trinajstić information content (AvgIpc) is 2.59. The number of rotatable bonds is 8. The Morgan fingerprint density at radius 1 is 1.11 bits per heavy atom. The number of aliphatic imine (C=N–C) groups is 1. The van der Waals surface area contributed by atoms with Crippen molar-refractivity contribution in [3.05, 3.63) is 0 Å². The van der Waals surface area contributed by atoms with E-state index in [4.69, 9.17) is 9.47 Å². The van der Waals surface area contributed by atoms with Gasteiger partial charge in [0.2, 0.25) is 0 Å². The molecule has 0 aromatic rings. The molecule has 0 saturated carbocycles. The maximum Gasteiger partial charge on any atom is 0.410 e. The Labute approximate surface area is 181 Å². The first-order valence-electron chi connectivity index (χ1n) is 9.58. The summed E-state index contributed by atoms with van der Waals surface area (Å²) >= 11 is 0. The summed E-state index contributed by atoms with van der Waals surface area (Å²) in [4.78, 5) is 20.4. The minimum atomic E-state index is -0.435. The molecule has 27 heavy (non-hydrogen) atoms. The zero-order chi connectivity index (χ0) is 19.4. The standard InChI is InChI=1S/C18H37N5O3.HI/c1-6-25-15-9-21-16(19-5)20-8-7-10-22-11-13-23(14-12-22)17(24)26-18(2,3)4;/h6-15H2,1-5H3,(H2,19,20,21);1H. The van der Waals surface area contributed by atoms with Crippen molar-refractivity contribution in [3.63, 3.8) is 0 Å². The lowest BCUT2D eigenvalue weighted by Gasteiger charge is -2.35. The quantitative estimate of drug-likeness (QED) is 0.229. The molecular formula is C18H38IN5O3. The SMILES string of the molecule is CCOCCNC(=NC)NCCCN1CCN(C(=O)OC(C)(C)C)CC1.I. The van der Waals surface area contributed by atoms with Crippen LogP contribution in [0, 0.1) is 0 Å². The fourth-order valence-corrected chi connectivity index (χ4v) is 2.60. The van der Waals surface area contributed by atoms with Gasteiger partial charge in [-0.3, -0.25) is 9.89 Å². The number of hydrogen-bond acceptors (Lipinski definition) is 5. The van der Waals surface area contributed by atoms with Gasteiger partial charge in [0.25, 0.3) is 0 Å². The van der Waals surface area contributed by atoms with Crippen LogP contribution in [0.15, 0.2) is 4.99 Å². The average molecular weight is 499 g/mol. The Balaban J connectivity index is 0.00000676. The number of guanidine groups is 1. The summed E-state index contributed by atoms with van der Waals surface area (Å²) < 4.78 is 10.7. The highest BCUT2D eigenvalue weighted by Crippen LogP contribution is 2.11. The highest BCUT2D eigenvalue weighted by molar-refractivity contribution is 14.0. The molecule has 1 fully saturated rings. The van der Waals surface area contributed by atoms with Gasteiger partial charge in [-0.1, -0.05) is 0 Å². The molecule has 160 valence electrons. The fraction of sp³-hybridized carbons (Fsp3) is 0.889. The summed E-state index contributed by atoms with van der Waals surface area (Å²) in [5.74, 6) is 0.805. The van der Waals surface area contributed by atoms with Gasteiger partial charge >= 0.3 is 6.09 Å². The number of amides is 1. The molecule has 0 aromatic heterocycles. The molecule has 0 atom stereocenters. The lowest BCUT2D eigenvalue weighted by atomic mass is 10.2. The van der Waals surface area contributed by atoms with Crippen LogP contribution in [0.2, 0.25) is 0 Å². The third kappa shape index (κ3) is 12.3. The Morgan fingerprint density at radius 2 is 1.74 bits per heavy atom. The number of piperazine rings is 1. The Morgan fingerprint density at radius 3 is 2.30 bits per heavy atom. The van der Waals surface area contributed by atoms with Crippen LogP contribution < -0.4 is 10.6 Å². The van der Waals surface area contributed by atoms with Gasteiger partial charge in [-0.05, 0) is 40.7 Å². The molecule has 2 N–H and O–H groups in total. The Hall–Kier alpha value is -0.810. The Kier molecular flexibility index (Phi) is 13.8. The molecule has 0 spiro atoms. The molecule has 1 rings (SSSR count). The molecule has 1 amide bonds. The van der Waals surface area contributed by atoms with Gasteiger partial charge in [0, 0.05) is 52.9 Å². The van der Waals surface area contributed by atoms with Crippen molar-refractivity contribution >= 4 is 36.0 Å². The van der Waals surface area contributed by atoms with E-state index in [1.54, 1.807) is 11.9 Å². The molecule has 1 saturated heterocycles. The summed E-state index contributed by atoms with van der Waals surface area (Å²) in [6, 6.07) is 0. The number of nitrogens with zero attached hydrogens (tertiary/aromatic N) is 3. The zero-order valence-corrected chi connectivity index (χ0v) is 19.9. The van der Waals surface area contributed by atoms with Crippen molar-refractivity contribution in [2.45, 2.75) is 39.7 Å². The molecule has 0 bridgehead atoms. The zero-order valence-electron chi connectivity index (χ0n) is 17.5. The predicted octanol–water partition coefficient (Wildman–Crippen LogP) is 1.75. The number of carbonyl (C=O) groups is 1. The van der Waals surface area contributed by atoms with Gasteiger partial charge in [-0.15, -0.1) is 24.0 Å². The van der Waals surface area contributed by atoms with Crippen molar-refractivity contribution in [2.75, 3.05) is 66.1 Å². The topological polar surface area (TPSA) is 78.4 Å². The van der Waals surface area contributed by atoms with Crippen LogP contribution in [-0.4, -0.2) is 93.5 Å². The fourth-order valence-electron chi connectivity index (χ4n) is 2.60. The highest BCUT2D eigenvalue weighted by atomic mass is 127. The van der Waals surface area contributed by atoms with Crippen molar-refractivity contribution in [3.8, 4) is 0 Å². The van der Waals surface area contributed by atoms with Gasteiger partial charge in [-0.2, -0.15) is 0 Å². The van der Waals surface area contributed by atoms with Gasteiger partial charge < -0.3 is 25.0 Å². The number of halogens is 1. The van der Waals surface area contributed by atoms with Gasteiger partial charge in [0.15, 0.2) is 5.96 Å². The third-order valence-electron chi connectivity index (χ3n) is 3.93. The van der Waals surface area contributed by atoms with E-state index < -0.39 is 5.60 Å². The minimum Gasteiger partial charge on any atom is -0.444 e. The highest BCUT2D eigenvalue weighted by Gasteiger charge is 2.25. The minimum absolute atomic E-state index is 0. The summed E-state index contributed by atoms with van der Waals surface area (Å²) in [7, 11) is 1.77. The summed E-state index contributed by atoms with van der Waals surface area (Å²) in [6.07, 6.45) is 0.819. The molecule has 0 aromatic carbocycles. The van der Waals surface area contributed by atoms with Gasteiger partial charge in [0.1, 0.15) is 5.60 Å². The number of hydrogen-bond donors (Lipinski definition) is 2.